The number of aliphatic hydroxyl groups excluding tert-OH is 1. The molecule has 3 rings (SSSR count). The van der Waals surface area contributed by atoms with Crippen molar-refractivity contribution in [3.05, 3.63) is 40.6 Å². The number of allylic oxidation sites excluding steroid dienone is 2. The van der Waals surface area contributed by atoms with E-state index in [0.29, 0.717) is 46.6 Å². The lowest BCUT2D eigenvalue weighted by atomic mass is 9.81. The first-order valence-electron chi connectivity index (χ1n) is 11.2. The fourth-order valence-electron chi connectivity index (χ4n) is 4.10. The molecule has 7 heteroatoms. The molecule has 1 aromatic rings. The van der Waals surface area contributed by atoms with Gasteiger partial charge in [0.15, 0.2) is 12.4 Å². The van der Waals surface area contributed by atoms with Crippen LogP contribution in [0.4, 0.5) is 0 Å². The topological polar surface area (TPSA) is 68.1 Å². The summed E-state index contributed by atoms with van der Waals surface area (Å²) < 4.78 is 5.80. The molecule has 31 heavy (non-hydrogen) atoms. The Morgan fingerprint density at radius 2 is 2.06 bits per heavy atom. The van der Waals surface area contributed by atoms with Crippen molar-refractivity contribution in [3.63, 3.8) is 0 Å². The second-order valence-electron chi connectivity index (χ2n) is 8.28. The lowest BCUT2D eigenvalue weighted by Gasteiger charge is -2.32. The largest absolute Gasteiger partial charge is 0.511 e. The van der Waals surface area contributed by atoms with Gasteiger partial charge in [0.05, 0.1) is 11.3 Å². The maximum absolute atomic E-state index is 12.9. The summed E-state index contributed by atoms with van der Waals surface area (Å²) in [5, 5.41) is 16.1. The van der Waals surface area contributed by atoms with Gasteiger partial charge in [0, 0.05) is 23.1 Å². The number of thioether (sulfide) groups is 1. The molecule has 0 radical (unpaired) electrons. The van der Waals surface area contributed by atoms with E-state index in [2.05, 4.69) is 5.16 Å². The molecule has 0 spiro atoms. The Labute approximate surface area is 194 Å². The van der Waals surface area contributed by atoms with Gasteiger partial charge in [-0.3, -0.25) is 4.79 Å². The maximum atomic E-state index is 12.9. The average molecular weight is 466 g/mol. The van der Waals surface area contributed by atoms with E-state index in [1.54, 1.807) is 24.3 Å². The smallest absolute Gasteiger partial charge is 0.168 e. The van der Waals surface area contributed by atoms with Crippen LogP contribution in [0.1, 0.15) is 58.8 Å². The van der Waals surface area contributed by atoms with Gasteiger partial charge in [0.2, 0.25) is 0 Å². The van der Waals surface area contributed by atoms with Gasteiger partial charge in [-0.25, -0.2) is 0 Å². The Hall–Kier alpha value is -1.66. The monoisotopic (exact) mass is 465 g/mol. The molecule has 0 aromatic heterocycles. The minimum Gasteiger partial charge on any atom is -0.511 e. The molecule has 1 N–H and O–H groups in total. The molecular weight excluding hydrogens is 434 g/mol. The molecule has 5 nitrogen and oxygen atoms in total. The molecule has 0 bridgehead atoms. The Bertz CT molecular complexity index is 802. The van der Waals surface area contributed by atoms with E-state index in [4.69, 9.17) is 21.2 Å². The van der Waals surface area contributed by atoms with Crippen molar-refractivity contribution in [3.8, 4) is 5.75 Å². The highest BCUT2D eigenvalue weighted by atomic mass is 35.5. The number of ketones is 1. The van der Waals surface area contributed by atoms with Crippen LogP contribution in [0.5, 0.6) is 5.75 Å². The number of oxime groups is 1. The number of Topliss-reactive ketones (excluding diaryl/α,β-unsaturated/α-hetero) is 1. The molecule has 1 saturated heterocycles. The van der Waals surface area contributed by atoms with Gasteiger partial charge in [-0.05, 0) is 62.1 Å². The first-order valence-corrected chi connectivity index (χ1v) is 12.6. The zero-order valence-corrected chi connectivity index (χ0v) is 19.9. The Kier molecular flexibility index (Phi) is 9.15. The second kappa shape index (κ2) is 11.8. The van der Waals surface area contributed by atoms with Gasteiger partial charge in [0.25, 0.3) is 0 Å². The van der Waals surface area contributed by atoms with Gasteiger partial charge >= 0.3 is 0 Å². The quantitative estimate of drug-likeness (QED) is 0.339. The van der Waals surface area contributed by atoms with Crippen molar-refractivity contribution in [2.45, 2.75) is 70.1 Å². The summed E-state index contributed by atoms with van der Waals surface area (Å²) in [6.07, 6.45) is 5.80. The van der Waals surface area contributed by atoms with Gasteiger partial charge < -0.3 is 14.7 Å². The number of rotatable bonds is 9. The molecule has 0 amide bonds. The number of halogens is 1. The lowest BCUT2D eigenvalue weighted by molar-refractivity contribution is -0.116. The highest BCUT2D eigenvalue weighted by Gasteiger charge is 2.35. The van der Waals surface area contributed by atoms with E-state index in [1.165, 1.54) is 12.8 Å². The van der Waals surface area contributed by atoms with Gasteiger partial charge in [-0.15, -0.1) is 0 Å². The SMILES string of the molecule is CCC/C(=N\OCC(C)Oc1ccc(Cl)cc1)C1=C(O)CC(C2CCCCS2)CC1=O. The molecule has 1 fully saturated rings. The number of carbonyl (C=O) groups is 1. The number of hydrogen-bond donors (Lipinski definition) is 1. The third kappa shape index (κ3) is 6.91. The van der Waals surface area contributed by atoms with Crippen molar-refractivity contribution >= 4 is 34.9 Å². The second-order valence-corrected chi connectivity index (χ2v) is 10.1. The molecule has 1 aromatic carbocycles. The van der Waals surface area contributed by atoms with E-state index in [-0.39, 0.29) is 30.2 Å². The molecule has 0 saturated carbocycles. The van der Waals surface area contributed by atoms with Crippen molar-refractivity contribution in [1.29, 1.82) is 0 Å². The van der Waals surface area contributed by atoms with Crippen molar-refractivity contribution in [1.82, 2.24) is 0 Å². The number of carbonyl (C=O) groups excluding carboxylic acids is 1. The molecular formula is C24H32ClNO4S. The molecule has 170 valence electrons. The average Bonchev–Trinajstić information content (AvgIpc) is 2.75. The standard InChI is InChI=1S/C24H32ClNO4S/c1-3-6-20(26-29-15-16(2)30-19-10-8-18(25)9-11-19)24-21(27)13-17(14-22(24)28)23-7-4-5-12-31-23/h8-11,16-17,23,27H,3-7,12-15H2,1-2H3/b26-20+. The predicted molar refractivity (Wildman–Crippen MR) is 127 cm³/mol. The zero-order chi connectivity index (χ0) is 22.2. The highest BCUT2D eigenvalue weighted by Crippen LogP contribution is 2.39. The summed E-state index contributed by atoms with van der Waals surface area (Å²) in [5.74, 6) is 2.24. The van der Waals surface area contributed by atoms with E-state index >= 15 is 0 Å². The van der Waals surface area contributed by atoms with Crippen LogP contribution in [0, 0.1) is 5.92 Å². The number of hydrogen-bond acceptors (Lipinski definition) is 6. The van der Waals surface area contributed by atoms with E-state index in [0.717, 1.165) is 18.6 Å². The molecule has 3 atom stereocenters. The van der Waals surface area contributed by atoms with Gasteiger partial charge in [-0.2, -0.15) is 11.8 Å². The molecule has 1 heterocycles. The van der Waals surface area contributed by atoms with Crippen LogP contribution in [0.25, 0.3) is 0 Å². The van der Waals surface area contributed by atoms with E-state index < -0.39 is 0 Å². The Morgan fingerprint density at radius 1 is 1.29 bits per heavy atom. The van der Waals surface area contributed by atoms with Crippen LogP contribution >= 0.6 is 23.4 Å². The zero-order valence-electron chi connectivity index (χ0n) is 18.3. The Morgan fingerprint density at radius 3 is 2.71 bits per heavy atom. The van der Waals surface area contributed by atoms with Crippen molar-refractivity contribution in [2.75, 3.05) is 12.4 Å². The van der Waals surface area contributed by atoms with Crippen LogP contribution < -0.4 is 4.74 Å². The number of benzene rings is 1. The van der Waals surface area contributed by atoms with Crippen LogP contribution in [0.3, 0.4) is 0 Å². The minimum absolute atomic E-state index is 0.0128. The normalized spacial score (nSPS) is 23.6. The summed E-state index contributed by atoms with van der Waals surface area (Å²) in [6, 6.07) is 7.14. The van der Waals surface area contributed by atoms with Gasteiger partial charge in [0.1, 0.15) is 17.6 Å². The summed E-state index contributed by atoms with van der Waals surface area (Å²) in [6.45, 7) is 4.14. The molecule has 3 unspecified atom stereocenters. The molecule has 2 aliphatic rings. The predicted octanol–water partition coefficient (Wildman–Crippen LogP) is 6.36. The summed E-state index contributed by atoms with van der Waals surface area (Å²) in [4.78, 5) is 18.5. The lowest BCUT2D eigenvalue weighted by Crippen LogP contribution is -2.31. The summed E-state index contributed by atoms with van der Waals surface area (Å²) in [5.41, 5.74) is 0.906. The Balaban J connectivity index is 1.62. The number of nitrogens with zero attached hydrogens (tertiary/aromatic N) is 1. The van der Waals surface area contributed by atoms with Crippen molar-refractivity contribution < 1.29 is 19.5 Å². The first kappa shape index (κ1) is 24.0. The number of ether oxygens (including phenoxy) is 1. The number of aliphatic hydroxyl groups is 1. The highest BCUT2D eigenvalue weighted by molar-refractivity contribution is 7.99. The van der Waals surface area contributed by atoms with Crippen LogP contribution in [-0.2, 0) is 9.63 Å². The van der Waals surface area contributed by atoms with E-state index in [9.17, 15) is 9.90 Å². The minimum atomic E-state index is -0.231. The third-order valence-corrected chi connectivity index (χ3v) is 7.45. The fraction of sp³-hybridized carbons (Fsp3) is 0.583. The first-order chi connectivity index (χ1) is 15.0. The molecule has 1 aliphatic carbocycles. The fourth-order valence-corrected chi connectivity index (χ4v) is 5.70. The van der Waals surface area contributed by atoms with Crippen LogP contribution in [0.2, 0.25) is 5.02 Å². The van der Waals surface area contributed by atoms with E-state index in [1.807, 2.05) is 25.6 Å². The summed E-state index contributed by atoms with van der Waals surface area (Å²) >= 11 is 7.85. The van der Waals surface area contributed by atoms with Gasteiger partial charge in [-0.1, -0.05) is 36.5 Å². The summed E-state index contributed by atoms with van der Waals surface area (Å²) in [7, 11) is 0. The third-order valence-electron chi connectivity index (χ3n) is 5.62. The van der Waals surface area contributed by atoms with Crippen LogP contribution in [-0.4, -0.2) is 40.3 Å². The molecule has 1 aliphatic heterocycles. The van der Waals surface area contributed by atoms with Crippen LogP contribution in [0.15, 0.2) is 40.8 Å². The maximum Gasteiger partial charge on any atom is 0.168 e. The van der Waals surface area contributed by atoms with Crippen molar-refractivity contribution in [2.24, 2.45) is 11.1 Å².